The summed E-state index contributed by atoms with van der Waals surface area (Å²) in [4.78, 5) is 15.0. The molecule has 0 spiro atoms. The summed E-state index contributed by atoms with van der Waals surface area (Å²) in [7, 11) is 1.59. The van der Waals surface area contributed by atoms with Crippen LogP contribution in [0, 0.1) is 5.82 Å². The Balaban J connectivity index is 2.97. The Kier molecular flexibility index (Phi) is 1.62. The second-order valence-electron chi connectivity index (χ2n) is 2.79. The highest BCUT2D eigenvalue weighted by Gasteiger charge is 2.00. The van der Waals surface area contributed by atoms with Gasteiger partial charge in [0.25, 0.3) is 5.56 Å². The molecule has 2 aromatic heterocycles. The van der Waals surface area contributed by atoms with Crippen molar-refractivity contribution in [1.29, 1.82) is 0 Å². The zero-order valence-corrected chi connectivity index (χ0v) is 6.99. The molecule has 4 heteroatoms. The topological polar surface area (TPSA) is 34.9 Å². The number of aromatic nitrogens is 2. The standard InChI is InChI=1S/C9H7FN2O/c1-12-8-4-6(10)5-11-7(8)2-3-9(12)13/h2-5H,1H3. The van der Waals surface area contributed by atoms with E-state index >= 15 is 0 Å². The summed E-state index contributed by atoms with van der Waals surface area (Å²) in [5.74, 6) is -0.436. The van der Waals surface area contributed by atoms with Gasteiger partial charge in [-0.2, -0.15) is 0 Å². The van der Waals surface area contributed by atoms with E-state index in [1.165, 1.54) is 16.7 Å². The van der Waals surface area contributed by atoms with Crippen LogP contribution in [0.25, 0.3) is 11.0 Å². The van der Waals surface area contributed by atoms with Gasteiger partial charge in [-0.25, -0.2) is 4.39 Å². The summed E-state index contributed by atoms with van der Waals surface area (Å²) in [5.41, 5.74) is 0.955. The highest BCUT2D eigenvalue weighted by molar-refractivity contribution is 5.73. The second-order valence-corrected chi connectivity index (χ2v) is 2.79. The molecule has 0 aliphatic heterocycles. The maximum Gasteiger partial charge on any atom is 0.250 e. The molecule has 0 aliphatic rings. The van der Waals surface area contributed by atoms with Crippen LogP contribution in [0.5, 0.6) is 0 Å². The van der Waals surface area contributed by atoms with Crippen molar-refractivity contribution in [1.82, 2.24) is 9.55 Å². The molecule has 3 nitrogen and oxygen atoms in total. The molecule has 2 rings (SSSR count). The number of nitrogens with zero attached hydrogens (tertiary/aromatic N) is 2. The van der Waals surface area contributed by atoms with Gasteiger partial charge in [-0.05, 0) is 6.07 Å². The number of halogens is 1. The second kappa shape index (κ2) is 2.65. The van der Waals surface area contributed by atoms with E-state index in [0.717, 1.165) is 6.20 Å². The van der Waals surface area contributed by atoms with Crippen LogP contribution in [-0.2, 0) is 7.05 Å². The van der Waals surface area contributed by atoms with E-state index in [2.05, 4.69) is 4.98 Å². The molecule has 13 heavy (non-hydrogen) atoms. The molecule has 66 valence electrons. The zero-order valence-electron chi connectivity index (χ0n) is 6.99. The highest BCUT2D eigenvalue weighted by Crippen LogP contribution is 2.08. The van der Waals surface area contributed by atoms with Gasteiger partial charge in [0.2, 0.25) is 0 Å². The normalized spacial score (nSPS) is 10.6. The Morgan fingerprint density at radius 1 is 1.46 bits per heavy atom. The average Bonchev–Trinajstić information content (AvgIpc) is 2.12. The first kappa shape index (κ1) is 7.91. The van der Waals surface area contributed by atoms with E-state index in [1.54, 1.807) is 13.1 Å². The van der Waals surface area contributed by atoms with Crippen LogP contribution in [0.1, 0.15) is 0 Å². The van der Waals surface area contributed by atoms with E-state index in [4.69, 9.17) is 0 Å². The summed E-state index contributed by atoms with van der Waals surface area (Å²) in [6, 6.07) is 4.29. The molecule has 2 aromatic rings. The van der Waals surface area contributed by atoms with Crippen LogP contribution in [-0.4, -0.2) is 9.55 Å². The molecule has 0 atom stereocenters. The molecule has 0 unspecified atom stereocenters. The molecule has 0 N–H and O–H groups in total. The summed E-state index contributed by atoms with van der Waals surface area (Å²) >= 11 is 0. The van der Waals surface area contributed by atoms with Gasteiger partial charge in [-0.1, -0.05) is 0 Å². The number of rotatable bonds is 0. The van der Waals surface area contributed by atoms with E-state index in [1.807, 2.05) is 0 Å². The molecule has 0 bridgehead atoms. The molecule has 0 amide bonds. The van der Waals surface area contributed by atoms with Gasteiger partial charge >= 0.3 is 0 Å². The van der Waals surface area contributed by atoms with Crippen molar-refractivity contribution >= 4 is 11.0 Å². The summed E-state index contributed by atoms with van der Waals surface area (Å²) < 4.78 is 14.1. The van der Waals surface area contributed by atoms with Gasteiger partial charge in [0.15, 0.2) is 0 Å². The minimum absolute atomic E-state index is 0.167. The maximum absolute atomic E-state index is 12.8. The lowest BCUT2D eigenvalue weighted by Gasteiger charge is -2.02. The quantitative estimate of drug-likeness (QED) is 0.604. The van der Waals surface area contributed by atoms with Crippen molar-refractivity contribution in [3.63, 3.8) is 0 Å². The molecular formula is C9H7FN2O. The van der Waals surface area contributed by atoms with Gasteiger partial charge in [-0.3, -0.25) is 9.78 Å². The molecule has 0 aromatic carbocycles. The van der Waals surface area contributed by atoms with E-state index < -0.39 is 5.82 Å². The average molecular weight is 178 g/mol. The molecule has 0 fully saturated rings. The van der Waals surface area contributed by atoms with Crippen molar-refractivity contribution in [2.24, 2.45) is 7.05 Å². The third kappa shape index (κ3) is 1.20. The van der Waals surface area contributed by atoms with Gasteiger partial charge in [-0.15, -0.1) is 0 Å². The van der Waals surface area contributed by atoms with Gasteiger partial charge < -0.3 is 4.57 Å². The fourth-order valence-electron chi connectivity index (χ4n) is 1.22. The van der Waals surface area contributed by atoms with Crippen LogP contribution in [0.3, 0.4) is 0 Å². The van der Waals surface area contributed by atoms with Crippen molar-refractivity contribution in [2.45, 2.75) is 0 Å². The van der Waals surface area contributed by atoms with E-state index in [-0.39, 0.29) is 5.56 Å². The molecule has 0 saturated heterocycles. The Hall–Kier alpha value is -1.71. The third-order valence-corrected chi connectivity index (χ3v) is 1.94. The van der Waals surface area contributed by atoms with Crippen LogP contribution < -0.4 is 5.56 Å². The predicted molar refractivity (Wildman–Crippen MR) is 46.9 cm³/mol. The van der Waals surface area contributed by atoms with E-state index in [9.17, 15) is 9.18 Å². The Labute approximate surface area is 73.5 Å². The zero-order chi connectivity index (χ0) is 9.42. The summed E-state index contributed by atoms with van der Waals surface area (Å²) in [6.07, 6.45) is 1.13. The monoisotopic (exact) mass is 178 g/mol. The SMILES string of the molecule is Cn1c(=O)ccc2ncc(F)cc21. The lowest BCUT2D eigenvalue weighted by Crippen LogP contribution is -2.15. The Bertz CT molecular complexity index is 518. The molecule has 0 saturated carbocycles. The van der Waals surface area contributed by atoms with Crippen LogP contribution in [0.4, 0.5) is 4.39 Å². The Morgan fingerprint density at radius 2 is 2.23 bits per heavy atom. The molecule has 0 aliphatic carbocycles. The number of hydrogen-bond acceptors (Lipinski definition) is 2. The van der Waals surface area contributed by atoms with Gasteiger partial charge in [0.1, 0.15) is 5.82 Å². The first-order chi connectivity index (χ1) is 6.18. The number of pyridine rings is 2. The predicted octanol–water partition coefficient (Wildman–Crippen LogP) is 1.07. The minimum atomic E-state index is -0.436. The fraction of sp³-hybridized carbons (Fsp3) is 0.111. The smallest absolute Gasteiger partial charge is 0.250 e. The Morgan fingerprint density at radius 3 is 3.00 bits per heavy atom. The molecule has 2 heterocycles. The van der Waals surface area contributed by atoms with Crippen molar-refractivity contribution in [3.8, 4) is 0 Å². The lowest BCUT2D eigenvalue weighted by atomic mass is 10.3. The lowest BCUT2D eigenvalue weighted by molar-refractivity contribution is 0.622. The summed E-state index contributed by atoms with van der Waals surface area (Å²) in [6.45, 7) is 0. The van der Waals surface area contributed by atoms with E-state index in [0.29, 0.717) is 11.0 Å². The van der Waals surface area contributed by atoms with Gasteiger partial charge in [0, 0.05) is 19.2 Å². The fourth-order valence-corrected chi connectivity index (χ4v) is 1.22. The highest BCUT2D eigenvalue weighted by atomic mass is 19.1. The molecular weight excluding hydrogens is 171 g/mol. The molecule has 0 radical (unpaired) electrons. The maximum atomic E-state index is 12.8. The van der Waals surface area contributed by atoms with Crippen molar-refractivity contribution in [2.75, 3.05) is 0 Å². The number of fused-ring (bicyclic) bond motifs is 1. The first-order valence-corrected chi connectivity index (χ1v) is 3.80. The van der Waals surface area contributed by atoms with Crippen LogP contribution in [0.15, 0.2) is 29.2 Å². The van der Waals surface area contributed by atoms with Crippen LogP contribution >= 0.6 is 0 Å². The van der Waals surface area contributed by atoms with Crippen molar-refractivity contribution < 1.29 is 4.39 Å². The minimum Gasteiger partial charge on any atom is -0.310 e. The first-order valence-electron chi connectivity index (χ1n) is 3.80. The summed E-state index contributed by atoms with van der Waals surface area (Å²) in [5, 5.41) is 0. The third-order valence-electron chi connectivity index (χ3n) is 1.94. The number of hydrogen-bond donors (Lipinski definition) is 0. The van der Waals surface area contributed by atoms with Gasteiger partial charge in [0.05, 0.1) is 17.2 Å². The number of aryl methyl sites for hydroxylation is 1. The van der Waals surface area contributed by atoms with Crippen LogP contribution in [0.2, 0.25) is 0 Å². The van der Waals surface area contributed by atoms with Crippen molar-refractivity contribution in [3.05, 3.63) is 40.6 Å². The largest absolute Gasteiger partial charge is 0.310 e.